The fraction of sp³-hybridized carbons (Fsp3) is 0.250. The summed E-state index contributed by atoms with van der Waals surface area (Å²) in [7, 11) is 1.92. The molecule has 0 unspecified atom stereocenters. The van der Waals surface area contributed by atoms with E-state index in [-0.39, 0.29) is 5.78 Å². The van der Waals surface area contributed by atoms with Crippen molar-refractivity contribution >= 4 is 23.2 Å². The van der Waals surface area contributed by atoms with E-state index in [1.807, 2.05) is 30.8 Å². The van der Waals surface area contributed by atoms with Crippen LogP contribution in [0.1, 0.15) is 27.0 Å². The first-order valence-electron chi connectivity index (χ1n) is 5.21. The maximum Gasteiger partial charge on any atom is 0.214 e. The van der Waals surface area contributed by atoms with Crippen LogP contribution in [0, 0.1) is 13.8 Å². The van der Waals surface area contributed by atoms with E-state index in [2.05, 4.69) is 9.97 Å². The number of aromatic nitrogens is 3. The van der Waals surface area contributed by atoms with E-state index in [1.54, 1.807) is 12.3 Å². The highest BCUT2D eigenvalue weighted by Crippen LogP contribution is 2.11. The van der Waals surface area contributed by atoms with Crippen LogP contribution in [0.3, 0.4) is 0 Å². The fourth-order valence-corrected chi connectivity index (χ4v) is 2.09. The molecule has 5 heteroatoms. The molecule has 17 heavy (non-hydrogen) atoms. The Morgan fingerprint density at radius 1 is 1.47 bits per heavy atom. The van der Waals surface area contributed by atoms with Gasteiger partial charge in [0.05, 0.1) is 11.9 Å². The summed E-state index contributed by atoms with van der Waals surface area (Å²) in [5, 5.41) is 2.40. The number of ketones is 1. The number of hydrogen-bond acceptors (Lipinski definition) is 4. The van der Waals surface area contributed by atoms with Crippen molar-refractivity contribution in [3.63, 3.8) is 0 Å². The van der Waals surface area contributed by atoms with Crippen LogP contribution in [0.25, 0.3) is 6.08 Å². The van der Waals surface area contributed by atoms with Gasteiger partial charge in [0.25, 0.3) is 0 Å². The van der Waals surface area contributed by atoms with Crippen LogP contribution in [0.2, 0.25) is 0 Å². The summed E-state index contributed by atoms with van der Waals surface area (Å²) >= 11 is 1.37. The van der Waals surface area contributed by atoms with E-state index in [1.165, 1.54) is 17.4 Å². The Kier molecular flexibility index (Phi) is 3.19. The second-order valence-corrected chi connectivity index (χ2v) is 4.64. The third kappa shape index (κ3) is 2.50. The average Bonchev–Trinajstić information content (AvgIpc) is 2.86. The van der Waals surface area contributed by atoms with Crippen molar-refractivity contribution in [2.75, 3.05) is 0 Å². The van der Waals surface area contributed by atoms with Crippen LogP contribution in [0.5, 0.6) is 0 Å². The van der Waals surface area contributed by atoms with Gasteiger partial charge in [0.15, 0.2) is 5.01 Å². The molecule has 0 aliphatic heterocycles. The van der Waals surface area contributed by atoms with Gasteiger partial charge in [0.1, 0.15) is 5.82 Å². The van der Waals surface area contributed by atoms with E-state index in [9.17, 15) is 4.79 Å². The lowest BCUT2D eigenvalue weighted by Gasteiger charge is -1.96. The molecule has 2 aromatic heterocycles. The molecule has 88 valence electrons. The number of carbonyl (C=O) groups excluding carboxylic acids is 1. The molecule has 0 saturated heterocycles. The Morgan fingerprint density at radius 3 is 2.76 bits per heavy atom. The minimum atomic E-state index is -0.0676. The topological polar surface area (TPSA) is 47.8 Å². The van der Waals surface area contributed by atoms with Gasteiger partial charge in [-0.15, -0.1) is 11.3 Å². The molecule has 0 fully saturated rings. The van der Waals surface area contributed by atoms with Gasteiger partial charge in [-0.2, -0.15) is 0 Å². The van der Waals surface area contributed by atoms with Gasteiger partial charge >= 0.3 is 0 Å². The molecule has 0 spiro atoms. The van der Waals surface area contributed by atoms with Crippen LogP contribution in [0.15, 0.2) is 17.7 Å². The van der Waals surface area contributed by atoms with Gasteiger partial charge in [-0.05, 0) is 26.0 Å². The normalized spacial score (nSPS) is 11.2. The molecule has 2 aromatic rings. The summed E-state index contributed by atoms with van der Waals surface area (Å²) in [5.41, 5.74) is 1.78. The molecule has 0 aliphatic rings. The van der Waals surface area contributed by atoms with Crippen molar-refractivity contribution in [2.24, 2.45) is 7.05 Å². The molecule has 0 N–H and O–H groups in total. The molecule has 0 atom stereocenters. The maximum absolute atomic E-state index is 11.8. The van der Waals surface area contributed by atoms with Crippen LogP contribution in [-0.4, -0.2) is 20.3 Å². The number of carbonyl (C=O) groups is 1. The average molecular weight is 247 g/mol. The maximum atomic E-state index is 11.8. The standard InChI is InChI=1S/C12H13N3OS/c1-8-7-17-12(14-8)11(16)5-4-10-6-13-9(2)15(10)3/h4-7H,1-3H3/b5-4+. The Balaban J connectivity index is 2.16. The van der Waals surface area contributed by atoms with E-state index >= 15 is 0 Å². The van der Waals surface area contributed by atoms with Gasteiger partial charge in [-0.25, -0.2) is 9.97 Å². The van der Waals surface area contributed by atoms with Gasteiger partial charge in [0, 0.05) is 18.1 Å². The lowest BCUT2D eigenvalue weighted by Crippen LogP contribution is -1.96. The van der Waals surface area contributed by atoms with Crippen molar-refractivity contribution in [3.05, 3.63) is 39.9 Å². The van der Waals surface area contributed by atoms with Crippen molar-refractivity contribution < 1.29 is 4.79 Å². The highest BCUT2D eigenvalue weighted by Gasteiger charge is 2.06. The monoisotopic (exact) mass is 247 g/mol. The predicted octanol–water partition coefficient (Wildman–Crippen LogP) is 2.39. The minimum absolute atomic E-state index is 0.0676. The first kappa shape index (κ1) is 11.7. The van der Waals surface area contributed by atoms with Gasteiger partial charge in [-0.3, -0.25) is 4.79 Å². The molecule has 4 nitrogen and oxygen atoms in total. The van der Waals surface area contributed by atoms with Crippen LogP contribution in [-0.2, 0) is 7.05 Å². The largest absolute Gasteiger partial charge is 0.332 e. The Morgan fingerprint density at radius 2 is 2.24 bits per heavy atom. The zero-order chi connectivity index (χ0) is 12.4. The Bertz CT molecular complexity index is 580. The number of nitrogens with zero attached hydrogens (tertiary/aromatic N) is 3. The molecular formula is C12H13N3OS. The van der Waals surface area contributed by atoms with E-state index in [0.717, 1.165) is 17.2 Å². The van der Waals surface area contributed by atoms with Crippen molar-refractivity contribution in [2.45, 2.75) is 13.8 Å². The molecule has 2 heterocycles. The molecular weight excluding hydrogens is 234 g/mol. The molecule has 0 radical (unpaired) electrons. The number of rotatable bonds is 3. The summed E-state index contributed by atoms with van der Waals surface area (Å²) in [6.45, 7) is 3.80. The van der Waals surface area contributed by atoms with Crippen LogP contribution in [0.4, 0.5) is 0 Å². The second-order valence-electron chi connectivity index (χ2n) is 3.78. The van der Waals surface area contributed by atoms with E-state index < -0.39 is 0 Å². The van der Waals surface area contributed by atoms with E-state index in [0.29, 0.717) is 5.01 Å². The zero-order valence-electron chi connectivity index (χ0n) is 9.97. The summed E-state index contributed by atoms with van der Waals surface area (Å²) in [5.74, 6) is 0.851. The number of hydrogen-bond donors (Lipinski definition) is 0. The van der Waals surface area contributed by atoms with Gasteiger partial charge in [0.2, 0.25) is 5.78 Å². The van der Waals surface area contributed by atoms with Crippen LogP contribution < -0.4 is 0 Å². The Labute approximate surface area is 104 Å². The number of imidazole rings is 1. The Hall–Kier alpha value is -1.75. The smallest absolute Gasteiger partial charge is 0.214 e. The summed E-state index contributed by atoms with van der Waals surface area (Å²) in [6.07, 6.45) is 5.04. The zero-order valence-corrected chi connectivity index (χ0v) is 10.8. The lowest BCUT2D eigenvalue weighted by molar-refractivity contribution is 0.104. The third-order valence-corrected chi connectivity index (χ3v) is 3.47. The molecule has 0 aromatic carbocycles. The number of aryl methyl sites for hydroxylation is 2. The number of allylic oxidation sites excluding steroid dienone is 1. The minimum Gasteiger partial charge on any atom is -0.332 e. The quantitative estimate of drug-likeness (QED) is 0.618. The lowest BCUT2D eigenvalue weighted by atomic mass is 10.3. The van der Waals surface area contributed by atoms with Gasteiger partial charge < -0.3 is 4.57 Å². The van der Waals surface area contributed by atoms with Crippen LogP contribution >= 0.6 is 11.3 Å². The predicted molar refractivity (Wildman–Crippen MR) is 68.2 cm³/mol. The molecule has 0 saturated carbocycles. The number of thiazole rings is 1. The first-order valence-corrected chi connectivity index (χ1v) is 6.09. The summed E-state index contributed by atoms with van der Waals surface area (Å²) in [6, 6.07) is 0. The van der Waals surface area contributed by atoms with Crippen molar-refractivity contribution in [1.82, 2.24) is 14.5 Å². The van der Waals surface area contributed by atoms with Crippen molar-refractivity contribution in [1.29, 1.82) is 0 Å². The first-order chi connectivity index (χ1) is 8.08. The summed E-state index contributed by atoms with van der Waals surface area (Å²) < 4.78 is 1.93. The highest BCUT2D eigenvalue weighted by atomic mass is 32.1. The second kappa shape index (κ2) is 4.63. The third-order valence-electron chi connectivity index (χ3n) is 2.49. The SMILES string of the molecule is Cc1csc(C(=O)/C=C/c2cnc(C)n2C)n1. The molecule has 0 aliphatic carbocycles. The van der Waals surface area contributed by atoms with E-state index in [4.69, 9.17) is 0 Å². The summed E-state index contributed by atoms with van der Waals surface area (Å²) in [4.78, 5) is 20.1. The molecule has 0 bridgehead atoms. The molecule has 2 rings (SSSR count). The molecule has 0 amide bonds. The highest BCUT2D eigenvalue weighted by molar-refractivity contribution is 7.11. The fourth-order valence-electron chi connectivity index (χ4n) is 1.37. The van der Waals surface area contributed by atoms with Gasteiger partial charge in [-0.1, -0.05) is 0 Å². The van der Waals surface area contributed by atoms with Crippen molar-refractivity contribution in [3.8, 4) is 0 Å².